The van der Waals surface area contributed by atoms with E-state index in [-0.39, 0.29) is 4.83 Å². The van der Waals surface area contributed by atoms with E-state index in [0.717, 1.165) is 18.8 Å². The van der Waals surface area contributed by atoms with Gasteiger partial charge in [-0.15, -0.1) is 0 Å². The lowest BCUT2D eigenvalue weighted by Gasteiger charge is -2.15. The Kier molecular flexibility index (Phi) is 3.85. The molecule has 0 aliphatic carbocycles. The van der Waals surface area contributed by atoms with Gasteiger partial charge in [0.05, 0.1) is 11.4 Å². The Balaban J connectivity index is 2.00. The van der Waals surface area contributed by atoms with Crippen molar-refractivity contribution in [2.45, 2.75) is 18.2 Å². The van der Waals surface area contributed by atoms with Crippen molar-refractivity contribution < 1.29 is 4.74 Å². The van der Waals surface area contributed by atoms with Crippen molar-refractivity contribution in [2.24, 2.45) is 0 Å². The summed E-state index contributed by atoms with van der Waals surface area (Å²) in [5.74, 6) is 1.04. The van der Waals surface area contributed by atoms with E-state index in [9.17, 15) is 0 Å². The summed E-state index contributed by atoms with van der Waals surface area (Å²) >= 11 is 6.27. The molecular weight excluding hydrogens is 415 g/mol. The Hall–Kier alpha value is -0.550. The van der Waals surface area contributed by atoms with Crippen LogP contribution >= 0.6 is 38.5 Å². The molecule has 1 aliphatic rings. The van der Waals surface area contributed by atoms with Gasteiger partial charge in [0.25, 0.3) is 0 Å². The number of alkyl halides is 1. The van der Waals surface area contributed by atoms with Crippen LogP contribution in [0.3, 0.4) is 0 Å². The second-order valence-electron chi connectivity index (χ2n) is 4.81. The van der Waals surface area contributed by atoms with Crippen LogP contribution in [0.4, 0.5) is 0 Å². The van der Waals surface area contributed by atoms with Crippen LogP contribution in [0.25, 0.3) is 0 Å². The topological polar surface area (TPSA) is 9.23 Å². The van der Waals surface area contributed by atoms with E-state index >= 15 is 0 Å². The number of hydrogen-bond acceptors (Lipinski definition) is 1. The van der Waals surface area contributed by atoms with Crippen molar-refractivity contribution >= 4 is 38.5 Å². The first-order chi connectivity index (χ1) is 9.16. The van der Waals surface area contributed by atoms with E-state index in [1.807, 2.05) is 0 Å². The molecule has 98 valence electrons. The summed E-state index contributed by atoms with van der Waals surface area (Å²) < 4.78 is 6.90. The lowest BCUT2D eigenvalue weighted by molar-refractivity contribution is 0.357. The fraction of sp³-hybridized carbons (Fsp3) is 0.250. The summed E-state index contributed by atoms with van der Waals surface area (Å²) in [4.78, 5) is 0.241. The van der Waals surface area contributed by atoms with Gasteiger partial charge >= 0.3 is 0 Å². The molecule has 0 saturated heterocycles. The summed E-state index contributed by atoms with van der Waals surface area (Å²) in [6, 6.07) is 13.0. The molecule has 2 aromatic carbocycles. The third-order valence-electron chi connectivity index (χ3n) is 3.50. The maximum atomic E-state index is 5.56. The standard InChI is InChI=1S/C16H14BrIO/c1-10-3-2-4-13(16(10)18)15(17)12-5-6-14-11(9-12)7-8-19-14/h2-6,9,15H,7-8H2,1H3. The maximum absolute atomic E-state index is 5.56. The summed E-state index contributed by atoms with van der Waals surface area (Å²) in [5.41, 5.74) is 5.28. The van der Waals surface area contributed by atoms with Gasteiger partial charge in [0.1, 0.15) is 5.75 Å². The number of hydrogen-bond donors (Lipinski definition) is 0. The van der Waals surface area contributed by atoms with Crippen molar-refractivity contribution in [3.63, 3.8) is 0 Å². The number of halogens is 2. The molecule has 0 fully saturated rings. The van der Waals surface area contributed by atoms with E-state index in [4.69, 9.17) is 4.74 Å². The molecule has 1 aliphatic heterocycles. The number of fused-ring (bicyclic) bond motifs is 1. The number of rotatable bonds is 2. The van der Waals surface area contributed by atoms with Crippen LogP contribution in [0.1, 0.15) is 27.1 Å². The van der Waals surface area contributed by atoms with Gasteiger partial charge in [0, 0.05) is 9.99 Å². The van der Waals surface area contributed by atoms with Crippen molar-refractivity contribution in [2.75, 3.05) is 6.61 Å². The van der Waals surface area contributed by atoms with Crippen LogP contribution in [0, 0.1) is 10.5 Å². The van der Waals surface area contributed by atoms with Gasteiger partial charge in [-0.3, -0.25) is 0 Å². The number of ether oxygens (including phenoxy) is 1. The Morgan fingerprint density at radius 1 is 1.26 bits per heavy atom. The highest BCUT2D eigenvalue weighted by Crippen LogP contribution is 2.37. The molecule has 2 aromatic rings. The van der Waals surface area contributed by atoms with Gasteiger partial charge in [0.15, 0.2) is 0 Å². The van der Waals surface area contributed by atoms with Gasteiger partial charge in [-0.05, 0) is 57.8 Å². The van der Waals surface area contributed by atoms with Crippen LogP contribution in [0.5, 0.6) is 5.75 Å². The SMILES string of the molecule is Cc1cccc(C(Br)c2ccc3c(c2)CCO3)c1I. The van der Waals surface area contributed by atoms with E-state index in [1.165, 1.54) is 25.8 Å². The fourth-order valence-electron chi connectivity index (χ4n) is 2.41. The normalized spacial score (nSPS) is 14.9. The van der Waals surface area contributed by atoms with Gasteiger partial charge in [-0.2, -0.15) is 0 Å². The molecule has 1 unspecified atom stereocenters. The Labute approximate surface area is 135 Å². The van der Waals surface area contributed by atoms with E-state index in [0.29, 0.717) is 0 Å². The van der Waals surface area contributed by atoms with Crippen LogP contribution in [-0.2, 0) is 6.42 Å². The zero-order chi connectivity index (χ0) is 13.4. The second-order valence-corrected chi connectivity index (χ2v) is 6.80. The Morgan fingerprint density at radius 3 is 2.95 bits per heavy atom. The van der Waals surface area contributed by atoms with Crippen molar-refractivity contribution in [3.05, 3.63) is 62.2 Å². The minimum atomic E-state index is 0.241. The summed E-state index contributed by atoms with van der Waals surface area (Å²) in [6.45, 7) is 2.97. The highest BCUT2D eigenvalue weighted by atomic mass is 127. The first-order valence-corrected chi connectivity index (χ1v) is 8.31. The lowest BCUT2D eigenvalue weighted by Crippen LogP contribution is -1.98. The summed E-state index contributed by atoms with van der Waals surface area (Å²) in [5, 5.41) is 0. The highest BCUT2D eigenvalue weighted by molar-refractivity contribution is 14.1. The largest absolute Gasteiger partial charge is 0.493 e. The zero-order valence-electron chi connectivity index (χ0n) is 10.6. The van der Waals surface area contributed by atoms with Crippen LogP contribution in [0.2, 0.25) is 0 Å². The van der Waals surface area contributed by atoms with E-state index in [1.54, 1.807) is 0 Å². The molecule has 0 radical (unpaired) electrons. The second kappa shape index (κ2) is 5.44. The van der Waals surface area contributed by atoms with Gasteiger partial charge in [-0.1, -0.05) is 46.3 Å². The van der Waals surface area contributed by atoms with Crippen LogP contribution < -0.4 is 4.74 Å². The number of benzene rings is 2. The average molecular weight is 429 g/mol. The molecule has 0 N–H and O–H groups in total. The van der Waals surface area contributed by atoms with Crippen molar-refractivity contribution in [1.82, 2.24) is 0 Å². The Morgan fingerprint density at radius 2 is 2.11 bits per heavy atom. The molecule has 0 bridgehead atoms. The molecule has 19 heavy (non-hydrogen) atoms. The monoisotopic (exact) mass is 428 g/mol. The molecule has 0 spiro atoms. The first kappa shape index (κ1) is 13.4. The van der Waals surface area contributed by atoms with Gasteiger partial charge in [0.2, 0.25) is 0 Å². The summed E-state index contributed by atoms with van der Waals surface area (Å²) in [7, 11) is 0. The van der Waals surface area contributed by atoms with Crippen molar-refractivity contribution in [3.8, 4) is 5.75 Å². The zero-order valence-corrected chi connectivity index (χ0v) is 14.4. The van der Waals surface area contributed by atoms with E-state index < -0.39 is 0 Å². The minimum absolute atomic E-state index is 0.241. The molecule has 0 aromatic heterocycles. The molecule has 1 heterocycles. The van der Waals surface area contributed by atoms with Gasteiger partial charge in [-0.25, -0.2) is 0 Å². The molecule has 3 heteroatoms. The third-order valence-corrected chi connectivity index (χ3v) is 6.00. The predicted molar refractivity (Wildman–Crippen MR) is 90.3 cm³/mol. The summed E-state index contributed by atoms with van der Waals surface area (Å²) in [6.07, 6.45) is 1.02. The minimum Gasteiger partial charge on any atom is -0.493 e. The molecule has 0 saturated carbocycles. The Bertz CT molecular complexity index is 624. The van der Waals surface area contributed by atoms with Crippen LogP contribution in [-0.4, -0.2) is 6.61 Å². The highest BCUT2D eigenvalue weighted by Gasteiger charge is 2.18. The maximum Gasteiger partial charge on any atom is 0.122 e. The third kappa shape index (κ3) is 2.55. The molecular formula is C16H14BrIO. The average Bonchev–Trinajstić information content (AvgIpc) is 2.88. The molecule has 1 nitrogen and oxygen atoms in total. The predicted octanol–water partition coefficient (Wildman–Crippen LogP) is 5.02. The van der Waals surface area contributed by atoms with Gasteiger partial charge < -0.3 is 4.74 Å². The fourth-order valence-corrected chi connectivity index (χ4v) is 4.17. The molecule has 1 atom stereocenters. The smallest absolute Gasteiger partial charge is 0.122 e. The first-order valence-electron chi connectivity index (χ1n) is 6.31. The molecule has 3 rings (SSSR count). The quantitative estimate of drug-likeness (QED) is 0.482. The lowest BCUT2D eigenvalue weighted by atomic mass is 10.0. The van der Waals surface area contributed by atoms with Crippen molar-refractivity contribution in [1.29, 1.82) is 0 Å². The van der Waals surface area contributed by atoms with Crippen LogP contribution in [0.15, 0.2) is 36.4 Å². The molecule has 0 amide bonds. The van der Waals surface area contributed by atoms with E-state index in [2.05, 4.69) is 81.8 Å². The number of aryl methyl sites for hydroxylation is 1.